The lowest BCUT2D eigenvalue weighted by Gasteiger charge is -2.26. The molecular weight excluding hydrogens is 258 g/mol. The van der Waals surface area contributed by atoms with Crippen molar-refractivity contribution in [3.8, 4) is 0 Å². The highest BCUT2D eigenvalue weighted by molar-refractivity contribution is 5.80. The summed E-state index contributed by atoms with van der Waals surface area (Å²) >= 11 is 0. The number of hydrogen-bond acceptors (Lipinski definition) is 4. The first-order valence-corrected chi connectivity index (χ1v) is 7.49. The topological polar surface area (TPSA) is 61.9 Å². The summed E-state index contributed by atoms with van der Waals surface area (Å²) in [6.07, 6.45) is 1.39. The van der Waals surface area contributed by atoms with Gasteiger partial charge in [-0.2, -0.15) is 0 Å². The molecule has 0 bridgehead atoms. The van der Waals surface area contributed by atoms with Crippen LogP contribution in [0.15, 0.2) is 0 Å². The zero-order valence-electron chi connectivity index (χ0n) is 12.4. The van der Waals surface area contributed by atoms with E-state index in [4.69, 9.17) is 4.74 Å². The molecule has 0 aromatic carbocycles. The van der Waals surface area contributed by atoms with Crippen LogP contribution in [-0.2, 0) is 14.3 Å². The first-order chi connectivity index (χ1) is 9.67. The molecule has 0 saturated carbocycles. The van der Waals surface area contributed by atoms with Gasteiger partial charge in [0.1, 0.15) is 0 Å². The number of carbonyl (C=O) groups excluding carboxylic acids is 2. The molecule has 0 radical (unpaired) electrons. The maximum Gasteiger partial charge on any atom is 0.229 e. The van der Waals surface area contributed by atoms with Crippen molar-refractivity contribution in [3.63, 3.8) is 0 Å². The van der Waals surface area contributed by atoms with Crippen LogP contribution in [0.1, 0.15) is 19.8 Å². The molecule has 2 amide bonds. The smallest absolute Gasteiger partial charge is 0.229 e. The molecule has 0 aliphatic carbocycles. The normalized spacial score (nSPS) is 27.5. The number of likely N-dealkylation sites (N-methyl/N-ethyl adjacent to an activating group) is 1. The molecule has 2 rings (SSSR count). The summed E-state index contributed by atoms with van der Waals surface area (Å²) in [5.41, 5.74) is 0. The third kappa shape index (κ3) is 3.30. The molecule has 6 heteroatoms. The van der Waals surface area contributed by atoms with Gasteiger partial charge in [0, 0.05) is 38.6 Å². The molecule has 2 fully saturated rings. The Labute approximate surface area is 120 Å². The van der Waals surface area contributed by atoms with Crippen LogP contribution in [-0.4, -0.2) is 74.1 Å². The molecule has 2 atom stereocenters. The van der Waals surface area contributed by atoms with Gasteiger partial charge >= 0.3 is 0 Å². The molecule has 114 valence electrons. The SMILES string of the molecule is CCC(=O)N1CCCN(C(=O)C2COCC2NC)CC1. The fraction of sp³-hybridized carbons (Fsp3) is 0.857. The zero-order chi connectivity index (χ0) is 14.5. The molecule has 0 aromatic rings. The van der Waals surface area contributed by atoms with Gasteiger partial charge in [0.05, 0.1) is 19.1 Å². The Bertz CT molecular complexity index is 362. The fourth-order valence-electron chi connectivity index (χ4n) is 2.93. The maximum atomic E-state index is 12.6. The Morgan fingerprint density at radius 3 is 2.55 bits per heavy atom. The van der Waals surface area contributed by atoms with Gasteiger partial charge in [-0.15, -0.1) is 0 Å². The fourth-order valence-corrected chi connectivity index (χ4v) is 2.93. The molecule has 1 N–H and O–H groups in total. The highest BCUT2D eigenvalue weighted by Gasteiger charge is 2.36. The minimum absolute atomic E-state index is 0.0894. The molecule has 20 heavy (non-hydrogen) atoms. The quantitative estimate of drug-likeness (QED) is 0.772. The Hall–Kier alpha value is -1.14. The highest BCUT2D eigenvalue weighted by atomic mass is 16.5. The third-order valence-corrected chi connectivity index (χ3v) is 4.23. The molecule has 2 heterocycles. The molecule has 2 aliphatic heterocycles. The van der Waals surface area contributed by atoms with E-state index in [1.807, 2.05) is 23.8 Å². The lowest BCUT2D eigenvalue weighted by Crippen LogP contribution is -2.46. The molecular formula is C14H25N3O3. The molecule has 0 aromatic heterocycles. The zero-order valence-corrected chi connectivity index (χ0v) is 12.4. The predicted molar refractivity (Wildman–Crippen MR) is 75.2 cm³/mol. The van der Waals surface area contributed by atoms with Crippen LogP contribution in [0.5, 0.6) is 0 Å². The number of amides is 2. The van der Waals surface area contributed by atoms with Gasteiger partial charge in [-0.3, -0.25) is 9.59 Å². The van der Waals surface area contributed by atoms with Crippen LogP contribution in [0.4, 0.5) is 0 Å². The Morgan fingerprint density at radius 1 is 1.15 bits per heavy atom. The summed E-state index contributed by atoms with van der Waals surface area (Å²) < 4.78 is 5.41. The number of rotatable bonds is 3. The van der Waals surface area contributed by atoms with E-state index in [1.54, 1.807) is 0 Å². The second-order valence-corrected chi connectivity index (χ2v) is 5.45. The first-order valence-electron chi connectivity index (χ1n) is 7.49. The lowest BCUT2D eigenvalue weighted by atomic mass is 10.0. The van der Waals surface area contributed by atoms with Crippen molar-refractivity contribution in [1.29, 1.82) is 0 Å². The number of nitrogens with zero attached hydrogens (tertiary/aromatic N) is 2. The van der Waals surface area contributed by atoms with E-state index in [2.05, 4.69) is 5.32 Å². The van der Waals surface area contributed by atoms with E-state index < -0.39 is 0 Å². The lowest BCUT2D eigenvalue weighted by molar-refractivity contribution is -0.136. The largest absolute Gasteiger partial charge is 0.379 e. The second-order valence-electron chi connectivity index (χ2n) is 5.45. The van der Waals surface area contributed by atoms with Crippen LogP contribution < -0.4 is 5.32 Å². The van der Waals surface area contributed by atoms with Gasteiger partial charge in [0.2, 0.25) is 11.8 Å². The maximum absolute atomic E-state index is 12.6. The van der Waals surface area contributed by atoms with Crippen LogP contribution >= 0.6 is 0 Å². The van der Waals surface area contributed by atoms with Crippen molar-refractivity contribution >= 4 is 11.8 Å². The number of carbonyl (C=O) groups is 2. The highest BCUT2D eigenvalue weighted by Crippen LogP contribution is 2.18. The summed E-state index contributed by atoms with van der Waals surface area (Å²) in [6, 6.07) is 0.110. The van der Waals surface area contributed by atoms with E-state index in [0.717, 1.165) is 19.5 Å². The molecule has 2 saturated heterocycles. The van der Waals surface area contributed by atoms with E-state index in [9.17, 15) is 9.59 Å². The Balaban J connectivity index is 1.93. The van der Waals surface area contributed by atoms with Crippen molar-refractivity contribution in [2.45, 2.75) is 25.8 Å². The number of nitrogens with one attached hydrogen (secondary N) is 1. The second kappa shape index (κ2) is 7.04. The molecule has 2 aliphatic rings. The van der Waals surface area contributed by atoms with Gasteiger partial charge in [-0.25, -0.2) is 0 Å². The number of hydrogen-bond donors (Lipinski definition) is 1. The summed E-state index contributed by atoms with van der Waals surface area (Å²) in [7, 11) is 1.86. The summed E-state index contributed by atoms with van der Waals surface area (Å²) in [4.78, 5) is 28.1. The standard InChI is InChI=1S/C14H25N3O3/c1-3-13(18)16-5-4-6-17(8-7-16)14(19)11-9-20-10-12(11)15-2/h11-12,15H,3-10H2,1-2H3. The van der Waals surface area contributed by atoms with Crippen LogP contribution in [0, 0.1) is 5.92 Å². The summed E-state index contributed by atoms with van der Waals surface area (Å²) in [5.74, 6) is 0.248. The van der Waals surface area contributed by atoms with E-state index in [1.165, 1.54) is 0 Å². The van der Waals surface area contributed by atoms with Crippen LogP contribution in [0.3, 0.4) is 0 Å². The predicted octanol–water partition coefficient (Wildman–Crippen LogP) is -0.308. The van der Waals surface area contributed by atoms with E-state index in [0.29, 0.717) is 32.7 Å². The minimum Gasteiger partial charge on any atom is -0.379 e. The molecule has 0 spiro atoms. The van der Waals surface area contributed by atoms with Gasteiger partial charge in [-0.05, 0) is 13.5 Å². The summed E-state index contributed by atoms with van der Waals surface area (Å²) in [5, 5.41) is 3.15. The molecule has 2 unspecified atom stereocenters. The third-order valence-electron chi connectivity index (χ3n) is 4.23. The van der Waals surface area contributed by atoms with Crippen molar-refractivity contribution in [2.24, 2.45) is 5.92 Å². The average Bonchev–Trinajstić information content (AvgIpc) is 2.81. The Kier molecular flexibility index (Phi) is 5.37. The van der Waals surface area contributed by atoms with Crippen LogP contribution in [0.25, 0.3) is 0 Å². The van der Waals surface area contributed by atoms with Crippen LogP contribution in [0.2, 0.25) is 0 Å². The average molecular weight is 283 g/mol. The Morgan fingerprint density at radius 2 is 1.85 bits per heavy atom. The van der Waals surface area contributed by atoms with Gasteiger partial charge < -0.3 is 19.9 Å². The van der Waals surface area contributed by atoms with Crippen molar-refractivity contribution in [3.05, 3.63) is 0 Å². The molecule has 6 nitrogen and oxygen atoms in total. The summed E-state index contributed by atoms with van der Waals surface area (Å²) in [6.45, 7) is 5.75. The van der Waals surface area contributed by atoms with Gasteiger partial charge in [-0.1, -0.05) is 6.92 Å². The monoisotopic (exact) mass is 283 g/mol. The first kappa shape index (κ1) is 15.3. The van der Waals surface area contributed by atoms with E-state index in [-0.39, 0.29) is 23.8 Å². The van der Waals surface area contributed by atoms with Crippen molar-refractivity contribution < 1.29 is 14.3 Å². The number of ether oxygens (including phenoxy) is 1. The van der Waals surface area contributed by atoms with E-state index >= 15 is 0 Å². The van der Waals surface area contributed by atoms with Gasteiger partial charge in [0.25, 0.3) is 0 Å². The minimum atomic E-state index is -0.0894. The van der Waals surface area contributed by atoms with Gasteiger partial charge in [0.15, 0.2) is 0 Å². The van der Waals surface area contributed by atoms with Crippen molar-refractivity contribution in [1.82, 2.24) is 15.1 Å². The van der Waals surface area contributed by atoms with Crippen molar-refractivity contribution in [2.75, 3.05) is 46.4 Å².